The van der Waals surface area contributed by atoms with Crippen LogP contribution in [-0.2, 0) is 21.8 Å². The Balaban J connectivity index is 1.57. The highest BCUT2D eigenvalue weighted by molar-refractivity contribution is 7.89. The predicted octanol–water partition coefficient (Wildman–Crippen LogP) is 4.11. The second-order valence-corrected chi connectivity index (χ2v) is 11.6. The summed E-state index contributed by atoms with van der Waals surface area (Å²) in [5, 5.41) is 0. The number of hydrogen-bond donors (Lipinski definition) is 0. The Bertz CT molecular complexity index is 1420. The molecule has 0 bridgehead atoms. The minimum atomic E-state index is -3.63. The number of benzene rings is 2. The molecule has 0 unspecified atom stereocenters. The van der Waals surface area contributed by atoms with Gasteiger partial charge in [-0.25, -0.2) is 13.2 Å². The predicted molar refractivity (Wildman–Crippen MR) is 135 cm³/mol. The molecule has 0 atom stereocenters. The van der Waals surface area contributed by atoms with Crippen molar-refractivity contribution in [3.8, 4) is 0 Å². The Morgan fingerprint density at radius 3 is 2.40 bits per heavy atom. The lowest BCUT2D eigenvalue weighted by atomic mass is 9.96. The number of ether oxygens (including phenoxy) is 1. The summed E-state index contributed by atoms with van der Waals surface area (Å²) in [5.74, 6) is -0.869. The average molecular weight is 516 g/mol. The van der Waals surface area contributed by atoms with E-state index in [9.17, 15) is 18.0 Å². The van der Waals surface area contributed by atoms with E-state index in [0.717, 1.165) is 42.3 Å². The van der Waals surface area contributed by atoms with Crippen LogP contribution in [0.5, 0.6) is 0 Å². The molecule has 1 amide bonds. The summed E-state index contributed by atoms with van der Waals surface area (Å²) in [6.45, 7) is 2.04. The van der Waals surface area contributed by atoms with Crippen LogP contribution in [0, 0.1) is 0 Å². The van der Waals surface area contributed by atoms with Crippen LogP contribution in [0.25, 0.3) is 10.2 Å². The number of amides is 1. The van der Waals surface area contributed by atoms with Crippen molar-refractivity contribution in [2.75, 3.05) is 13.7 Å². The van der Waals surface area contributed by atoms with Crippen molar-refractivity contribution in [3.05, 3.63) is 58.4 Å². The van der Waals surface area contributed by atoms with Gasteiger partial charge in [0.25, 0.3) is 5.91 Å². The fourth-order valence-electron chi connectivity index (χ4n) is 4.31. The molecule has 3 aromatic rings. The van der Waals surface area contributed by atoms with E-state index in [2.05, 4.69) is 4.99 Å². The van der Waals surface area contributed by atoms with E-state index in [1.54, 1.807) is 43.8 Å². The first-order valence-electron chi connectivity index (χ1n) is 11.7. The third-order valence-corrected chi connectivity index (χ3v) is 9.40. The van der Waals surface area contributed by atoms with Crippen LogP contribution in [0.3, 0.4) is 0 Å². The van der Waals surface area contributed by atoms with Crippen LogP contribution in [0.2, 0.25) is 0 Å². The average Bonchev–Trinajstić information content (AvgIpc) is 3.18. The largest absolute Gasteiger partial charge is 0.462 e. The first-order chi connectivity index (χ1) is 16.7. The number of rotatable bonds is 6. The van der Waals surface area contributed by atoms with Gasteiger partial charge in [0.05, 0.1) is 27.3 Å². The summed E-state index contributed by atoms with van der Waals surface area (Å²) in [6, 6.07) is 11.2. The zero-order chi connectivity index (χ0) is 25.2. The normalized spacial score (nSPS) is 15.6. The van der Waals surface area contributed by atoms with Crippen molar-refractivity contribution < 1.29 is 22.7 Å². The van der Waals surface area contributed by atoms with Crippen molar-refractivity contribution in [3.63, 3.8) is 0 Å². The molecule has 0 N–H and O–H groups in total. The molecule has 0 saturated heterocycles. The van der Waals surface area contributed by atoms with Crippen LogP contribution in [-0.4, -0.2) is 48.9 Å². The van der Waals surface area contributed by atoms with Crippen LogP contribution >= 0.6 is 11.3 Å². The standard InChI is InChI=1S/C25H29N3O5S2/c1-4-33-24(30)18-12-15-21-22(16-18)34-25(27(21)2)26-23(29)17-10-13-20(14-11-17)35(31,32)28(3)19-8-6-5-7-9-19/h10-16,19H,4-9H2,1-3H3. The van der Waals surface area contributed by atoms with E-state index in [-0.39, 0.29) is 10.9 Å². The number of carbonyl (C=O) groups excluding carboxylic acids is 2. The third-order valence-electron chi connectivity index (χ3n) is 6.38. The van der Waals surface area contributed by atoms with E-state index in [1.807, 2.05) is 0 Å². The second kappa shape index (κ2) is 10.4. The minimum Gasteiger partial charge on any atom is -0.462 e. The highest BCUT2D eigenvalue weighted by Crippen LogP contribution is 2.26. The fourth-order valence-corrected chi connectivity index (χ4v) is 6.78. The number of sulfonamides is 1. The van der Waals surface area contributed by atoms with Gasteiger partial charge in [0, 0.05) is 25.7 Å². The highest BCUT2D eigenvalue weighted by Gasteiger charge is 2.29. The zero-order valence-corrected chi connectivity index (χ0v) is 21.7. The SMILES string of the molecule is CCOC(=O)c1ccc2c(c1)sc(=NC(=O)c1ccc(S(=O)(=O)N(C)C3CCCCC3)cc1)n2C. The molecule has 0 aliphatic heterocycles. The van der Waals surface area contributed by atoms with Gasteiger partial charge in [-0.15, -0.1) is 0 Å². The van der Waals surface area contributed by atoms with Gasteiger partial charge < -0.3 is 9.30 Å². The molecule has 2 aromatic carbocycles. The third kappa shape index (κ3) is 5.24. The summed E-state index contributed by atoms with van der Waals surface area (Å²) >= 11 is 1.29. The quantitative estimate of drug-likeness (QED) is 0.460. The summed E-state index contributed by atoms with van der Waals surface area (Å²) < 4.78 is 35.2. The molecular weight excluding hydrogens is 486 g/mol. The highest BCUT2D eigenvalue weighted by atomic mass is 32.2. The number of aryl methyl sites for hydroxylation is 1. The van der Waals surface area contributed by atoms with Crippen molar-refractivity contribution in [2.24, 2.45) is 12.0 Å². The number of nitrogens with zero attached hydrogens (tertiary/aromatic N) is 3. The second-order valence-electron chi connectivity index (χ2n) is 8.60. The Morgan fingerprint density at radius 2 is 1.74 bits per heavy atom. The number of esters is 1. The number of hydrogen-bond acceptors (Lipinski definition) is 6. The van der Waals surface area contributed by atoms with E-state index >= 15 is 0 Å². The molecule has 1 aromatic heterocycles. The first kappa shape index (κ1) is 25.3. The van der Waals surface area contributed by atoms with Crippen molar-refractivity contribution >= 4 is 43.5 Å². The van der Waals surface area contributed by atoms with E-state index < -0.39 is 21.9 Å². The maximum absolute atomic E-state index is 13.0. The van der Waals surface area contributed by atoms with Gasteiger partial charge in [-0.05, 0) is 62.2 Å². The smallest absolute Gasteiger partial charge is 0.338 e. The minimum absolute atomic E-state index is 0.0161. The molecule has 10 heteroatoms. The molecule has 0 spiro atoms. The number of thiazole rings is 1. The van der Waals surface area contributed by atoms with Crippen LogP contribution in [0.4, 0.5) is 0 Å². The van der Waals surface area contributed by atoms with Crippen LogP contribution in [0.15, 0.2) is 52.4 Å². The molecular formula is C25H29N3O5S2. The Hall–Kier alpha value is -2.82. The maximum atomic E-state index is 13.0. The molecule has 8 nitrogen and oxygen atoms in total. The Labute approximate surface area is 208 Å². The fraction of sp³-hybridized carbons (Fsp3) is 0.400. The van der Waals surface area contributed by atoms with E-state index in [1.165, 1.54) is 39.9 Å². The molecule has 1 saturated carbocycles. The monoisotopic (exact) mass is 515 g/mol. The van der Waals surface area contributed by atoms with Crippen LogP contribution < -0.4 is 4.80 Å². The molecule has 1 fully saturated rings. The molecule has 4 rings (SSSR count). The van der Waals surface area contributed by atoms with Gasteiger partial charge in [0.1, 0.15) is 0 Å². The molecule has 1 heterocycles. The lowest BCUT2D eigenvalue weighted by Gasteiger charge is -2.30. The molecule has 186 valence electrons. The molecule has 1 aliphatic rings. The van der Waals surface area contributed by atoms with Gasteiger partial charge in [-0.2, -0.15) is 9.30 Å². The van der Waals surface area contributed by atoms with Gasteiger partial charge in [0.2, 0.25) is 10.0 Å². The number of fused-ring (bicyclic) bond motifs is 1. The van der Waals surface area contributed by atoms with Gasteiger partial charge in [-0.1, -0.05) is 30.6 Å². The topological polar surface area (TPSA) is 98.0 Å². The number of carbonyl (C=O) groups is 2. The molecule has 35 heavy (non-hydrogen) atoms. The Morgan fingerprint density at radius 1 is 1.09 bits per heavy atom. The zero-order valence-electron chi connectivity index (χ0n) is 20.1. The van der Waals surface area contributed by atoms with Gasteiger partial charge >= 0.3 is 5.97 Å². The van der Waals surface area contributed by atoms with Crippen molar-refractivity contribution in [1.29, 1.82) is 0 Å². The van der Waals surface area contributed by atoms with Crippen LogP contribution in [0.1, 0.15) is 59.7 Å². The summed E-state index contributed by atoms with van der Waals surface area (Å²) in [4.78, 5) is 29.7. The van der Waals surface area contributed by atoms with Crippen molar-refractivity contribution in [2.45, 2.75) is 50.0 Å². The van der Waals surface area contributed by atoms with Gasteiger partial charge in [-0.3, -0.25) is 4.79 Å². The maximum Gasteiger partial charge on any atom is 0.338 e. The summed E-state index contributed by atoms with van der Waals surface area (Å²) in [6.07, 6.45) is 4.98. The lowest BCUT2D eigenvalue weighted by molar-refractivity contribution is 0.0526. The Kier molecular flexibility index (Phi) is 7.53. The first-order valence-corrected chi connectivity index (χ1v) is 13.9. The van der Waals surface area contributed by atoms with E-state index in [4.69, 9.17) is 4.74 Å². The van der Waals surface area contributed by atoms with Crippen molar-refractivity contribution in [1.82, 2.24) is 8.87 Å². The lowest BCUT2D eigenvalue weighted by Crippen LogP contribution is -2.38. The number of aromatic nitrogens is 1. The molecule has 1 aliphatic carbocycles. The van der Waals surface area contributed by atoms with E-state index in [0.29, 0.717) is 22.5 Å². The summed E-state index contributed by atoms with van der Waals surface area (Å²) in [7, 11) is -0.197. The molecule has 0 radical (unpaired) electrons. The summed E-state index contributed by atoms with van der Waals surface area (Å²) in [5.41, 5.74) is 1.57. The van der Waals surface area contributed by atoms with Gasteiger partial charge in [0.15, 0.2) is 4.80 Å².